The molecule has 1 saturated heterocycles. The first-order chi connectivity index (χ1) is 8.41. The predicted molar refractivity (Wildman–Crippen MR) is 72.6 cm³/mol. The van der Waals surface area contributed by atoms with Gasteiger partial charge in [-0.15, -0.1) is 0 Å². The maximum Gasteiger partial charge on any atom is 0.245 e. The quantitative estimate of drug-likeness (QED) is 0.795. The molecular formula is C11H15BrN2O3S. The first-order valence-electron chi connectivity index (χ1n) is 5.64. The lowest BCUT2D eigenvalue weighted by atomic mass is 10.1. The Morgan fingerprint density at radius 1 is 1.44 bits per heavy atom. The molecule has 1 aromatic rings. The van der Waals surface area contributed by atoms with E-state index in [9.17, 15) is 13.5 Å². The van der Waals surface area contributed by atoms with Crippen LogP contribution in [0.1, 0.15) is 12.8 Å². The molecule has 5 nitrogen and oxygen atoms in total. The van der Waals surface area contributed by atoms with Gasteiger partial charge in [0.05, 0.1) is 11.8 Å². The molecule has 1 fully saturated rings. The summed E-state index contributed by atoms with van der Waals surface area (Å²) in [7, 11) is -3.63. The van der Waals surface area contributed by atoms with Crippen molar-refractivity contribution in [3.8, 4) is 0 Å². The number of hydrogen-bond acceptors (Lipinski definition) is 4. The Kier molecular flexibility index (Phi) is 3.96. The summed E-state index contributed by atoms with van der Waals surface area (Å²) < 4.78 is 26.8. The summed E-state index contributed by atoms with van der Waals surface area (Å²) in [5.74, 6) is 0. The van der Waals surface area contributed by atoms with Gasteiger partial charge in [0, 0.05) is 17.6 Å². The number of rotatable bonds is 2. The van der Waals surface area contributed by atoms with E-state index in [0.29, 0.717) is 23.9 Å². The fraction of sp³-hybridized carbons (Fsp3) is 0.455. The molecular weight excluding hydrogens is 320 g/mol. The third-order valence-corrected chi connectivity index (χ3v) is 5.37. The molecule has 0 aromatic heterocycles. The van der Waals surface area contributed by atoms with E-state index in [1.807, 2.05) is 0 Å². The van der Waals surface area contributed by atoms with E-state index in [4.69, 9.17) is 5.73 Å². The lowest BCUT2D eigenvalue weighted by Crippen LogP contribution is -2.42. The number of aliphatic hydroxyl groups excluding tert-OH is 1. The fourth-order valence-electron chi connectivity index (χ4n) is 2.01. The van der Waals surface area contributed by atoms with Crippen LogP contribution in [0.3, 0.4) is 0 Å². The van der Waals surface area contributed by atoms with Gasteiger partial charge in [-0.2, -0.15) is 4.31 Å². The Bertz CT molecular complexity index is 547. The summed E-state index contributed by atoms with van der Waals surface area (Å²) in [5.41, 5.74) is 5.95. The summed E-state index contributed by atoms with van der Waals surface area (Å²) >= 11 is 3.24. The molecule has 0 aliphatic carbocycles. The van der Waals surface area contributed by atoms with Crippen LogP contribution in [0.5, 0.6) is 0 Å². The van der Waals surface area contributed by atoms with Crippen LogP contribution in [-0.4, -0.2) is 37.0 Å². The maximum absolute atomic E-state index is 12.4. The molecule has 3 N–H and O–H groups in total. The van der Waals surface area contributed by atoms with Crippen molar-refractivity contribution >= 4 is 31.6 Å². The van der Waals surface area contributed by atoms with Crippen molar-refractivity contribution < 1.29 is 13.5 Å². The zero-order chi connectivity index (χ0) is 13.3. The number of halogens is 1. The lowest BCUT2D eigenvalue weighted by Gasteiger charge is -2.29. The number of piperidine rings is 1. The third-order valence-electron chi connectivity index (χ3n) is 2.95. The largest absolute Gasteiger partial charge is 0.398 e. The maximum atomic E-state index is 12.4. The minimum atomic E-state index is -3.63. The number of β-amino-alcohol motifs (C(OH)–C–C–N with tert-alkyl or cyclic N) is 1. The highest BCUT2D eigenvalue weighted by atomic mass is 79.9. The van der Waals surface area contributed by atoms with Crippen LogP contribution in [0, 0.1) is 0 Å². The molecule has 1 atom stereocenters. The first kappa shape index (κ1) is 13.8. The molecule has 7 heteroatoms. The summed E-state index contributed by atoms with van der Waals surface area (Å²) in [6, 6.07) is 4.74. The third kappa shape index (κ3) is 2.69. The second-order valence-electron chi connectivity index (χ2n) is 4.34. The van der Waals surface area contributed by atoms with Gasteiger partial charge in [0.2, 0.25) is 10.0 Å². The van der Waals surface area contributed by atoms with Crippen LogP contribution in [0.2, 0.25) is 0 Å². The normalized spacial score (nSPS) is 22.0. The van der Waals surface area contributed by atoms with E-state index in [1.54, 1.807) is 12.1 Å². The molecule has 1 aliphatic rings. The molecule has 0 spiro atoms. The van der Waals surface area contributed by atoms with Crippen molar-refractivity contribution in [3.05, 3.63) is 22.7 Å². The number of hydrogen-bond donors (Lipinski definition) is 2. The molecule has 2 rings (SSSR count). The van der Waals surface area contributed by atoms with Crippen LogP contribution in [0.15, 0.2) is 27.6 Å². The summed E-state index contributed by atoms with van der Waals surface area (Å²) in [5, 5.41) is 9.57. The van der Waals surface area contributed by atoms with Gasteiger partial charge in [-0.1, -0.05) is 15.9 Å². The van der Waals surface area contributed by atoms with Crippen LogP contribution in [0.4, 0.5) is 5.69 Å². The molecule has 0 saturated carbocycles. The smallest absolute Gasteiger partial charge is 0.245 e. The molecule has 100 valence electrons. The summed E-state index contributed by atoms with van der Waals surface area (Å²) in [4.78, 5) is 0.0889. The summed E-state index contributed by atoms with van der Waals surface area (Å²) in [6.07, 6.45) is 0.704. The Morgan fingerprint density at radius 3 is 2.83 bits per heavy atom. The Balaban J connectivity index is 2.38. The van der Waals surface area contributed by atoms with Crippen molar-refractivity contribution in [2.45, 2.75) is 23.8 Å². The molecule has 0 amide bonds. The highest BCUT2D eigenvalue weighted by molar-refractivity contribution is 9.10. The lowest BCUT2D eigenvalue weighted by molar-refractivity contribution is 0.108. The minimum absolute atomic E-state index is 0.0889. The average molecular weight is 335 g/mol. The van der Waals surface area contributed by atoms with Crippen molar-refractivity contribution in [3.63, 3.8) is 0 Å². The Morgan fingerprint density at radius 2 is 2.17 bits per heavy atom. The van der Waals surface area contributed by atoms with E-state index in [1.165, 1.54) is 10.4 Å². The first-order valence-corrected chi connectivity index (χ1v) is 7.88. The zero-order valence-corrected chi connectivity index (χ0v) is 12.1. The number of nitrogens with two attached hydrogens (primary N) is 1. The van der Waals surface area contributed by atoms with Crippen LogP contribution in [-0.2, 0) is 10.0 Å². The van der Waals surface area contributed by atoms with Gasteiger partial charge >= 0.3 is 0 Å². The van der Waals surface area contributed by atoms with Gasteiger partial charge in [0.1, 0.15) is 4.90 Å². The van der Waals surface area contributed by atoms with Gasteiger partial charge in [0.15, 0.2) is 0 Å². The van der Waals surface area contributed by atoms with Crippen molar-refractivity contribution in [1.82, 2.24) is 4.31 Å². The Labute approximate surface area is 115 Å². The van der Waals surface area contributed by atoms with Gasteiger partial charge < -0.3 is 10.8 Å². The van der Waals surface area contributed by atoms with E-state index in [2.05, 4.69) is 15.9 Å². The number of benzene rings is 1. The highest BCUT2D eigenvalue weighted by Gasteiger charge is 2.30. The second kappa shape index (κ2) is 5.16. The molecule has 1 heterocycles. The topological polar surface area (TPSA) is 83.6 Å². The molecule has 0 unspecified atom stereocenters. The second-order valence-corrected chi connectivity index (χ2v) is 7.16. The number of aliphatic hydroxyl groups is 1. The minimum Gasteiger partial charge on any atom is -0.398 e. The zero-order valence-electron chi connectivity index (χ0n) is 9.71. The Hall–Kier alpha value is -0.630. The van der Waals surface area contributed by atoms with E-state index < -0.39 is 16.1 Å². The van der Waals surface area contributed by atoms with E-state index in [0.717, 1.165) is 0 Å². The van der Waals surface area contributed by atoms with E-state index >= 15 is 0 Å². The van der Waals surface area contributed by atoms with E-state index in [-0.39, 0.29) is 17.1 Å². The van der Waals surface area contributed by atoms with Crippen LogP contribution >= 0.6 is 15.9 Å². The fourth-order valence-corrected chi connectivity index (χ4v) is 4.18. The van der Waals surface area contributed by atoms with Crippen LogP contribution < -0.4 is 5.73 Å². The number of nitrogen functional groups attached to an aromatic ring is 1. The number of anilines is 1. The van der Waals surface area contributed by atoms with Crippen molar-refractivity contribution in [2.24, 2.45) is 0 Å². The van der Waals surface area contributed by atoms with Gasteiger partial charge in [0.25, 0.3) is 0 Å². The molecule has 0 bridgehead atoms. The summed E-state index contributed by atoms with van der Waals surface area (Å²) in [6.45, 7) is 0.555. The average Bonchev–Trinajstić information content (AvgIpc) is 2.32. The molecule has 18 heavy (non-hydrogen) atoms. The SMILES string of the molecule is Nc1ccc(Br)cc1S(=O)(=O)N1CCC[C@H](O)C1. The monoisotopic (exact) mass is 334 g/mol. The molecule has 1 aliphatic heterocycles. The standard InChI is InChI=1S/C11H15BrN2O3S/c12-8-3-4-10(13)11(6-8)18(16,17)14-5-1-2-9(15)7-14/h3-4,6,9,15H,1-2,5,7,13H2/t9-/m0/s1. The van der Waals surface area contributed by atoms with Crippen molar-refractivity contribution in [1.29, 1.82) is 0 Å². The predicted octanol–water partition coefficient (Wildman–Crippen LogP) is 1.18. The van der Waals surface area contributed by atoms with Gasteiger partial charge in [-0.05, 0) is 31.0 Å². The highest BCUT2D eigenvalue weighted by Crippen LogP contribution is 2.27. The van der Waals surface area contributed by atoms with Gasteiger partial charge in [-0.25, -0.2) is 8.42 Å². The number of sulfonamides is 1. The van der Waals surface area contributed by atoms with Gasteiger partial charge in [-0.3, -0.25) is 0 Å². The van der Waals surface area contributed by atoms with Crippen molar-refractivity contribution in [2.75, 3.05) is 18.8 Å². The molecule has 1 aromatic carbocycles. The number of nitrogens with zero attached hydrogens (tertiary/aromatic N) is 1. The molecule has 0 radical (unpaired) electrons. The van der Waals surface area contributed by atoms with Crippen LogP contribution in [0.25, 0.3) is 0 Å².